The van der Waals surface area contributed by atoms with Gasteiger partial charge in [-0.05, 0) is 31.2 Å². The topological polar surface area (TPSA) is 81.0 Å². The van der Waals surface area contributed by atoms with Gasteiger partial charge in [-0.25, -0.2) is 9.78 Å². The molecule has 1 aromatic carbocycles. The second-order valence-electron chi connectivity index (χ2n) is 5.39. The fourth-order valence-corrected chi connectivity index (χ4v) is 2.62. The van der Waals surface area contributed by atoms with Crippen LogP contribution < -0.4 is 0 Å². The summed E-state index contributed by atoms with van der Waals surface area (Å²) in [7, 11) is 0. The zero-order valence-corrected chi connectivity index (χ0v) is 12.6. The van der Waals surface area contributed by atoms with Gasteiger partial charge in [0.05, 0.1) is 22.4 Å². The minimum atomic E-state index is -0.798. The minimum absolute atomic E-state index is 0.199. The van der Waals surface area contributed by atoms with Gasteiger partial charge in [-0.2, -0.15) is 0 Å². The molecular formula is C17H11N3O4. The maximum Gasteiger partial charge on any atom is 0.364 e. The van der Waals surface area contributed by atoms with Crippen LogP contribution in [0.25, 0.3) is 5.65 Å². The van der Waals surface area contributed by atoms with Crippen molar-refractivity contribution < 1.29 is 19.2 Å². The van der Waals surface area contributed by atoms with Gasteiger partial charge < -0.3 is 9.24 Å². The molecule has 0 aliphatic carbocycles. The Hall–Kier alpha value is -3.48. The number of rotatable bonds is 2. The average molecular weight is 321 g/mol. The molecular weight excluding hydrogens is 310 g/mol. The Morgan fingerprint density at radius 3 is 2.42 bits per heavy atom. The highest BCUT2D eigenvalue weighted by Crippen LogP contribution is 2.23. The Kier molecular flexibility index (Phi) is 2.96. The molecule has 0 saturated carbocycles. The van der Waals surface area contributed by atoms with Gasteiger partial charge in [-0.15, -0.1) is 0 Å². The van der Waals surface area contributed by atoms with Gasteiger partial charge in [0.25, 0.3) is 11.8 Å². The van der Waals surface area contributed by atoms with E-state index in [1.807, 2.05) is 13.1 Å². The summed E-state index contributed by atoms with van der Waals surface area (Å²) < 4.78 is 1.76. The maximum absolute atomic E-state index is 12.3. The summed E-state index contributed by atoms with van der Waals surface area (Å²) >= 11 is 0. The number of aryl methyl sites for hydroxylation is 1. The van der Waals surface area contributed by atoms with Gasteiger partial charge in [0.15, 0.2) is 0 Å². The summed E-state index contributed by atoms with van der Waals surface area (Å²) in [5.74, 6) is -2.10. The summed E-state index contributed by atoms with van der Waals surface area (Å²) in [6, 6.07) is 9.39. The van der Waals surface area contributed by atoms with E-state index in [2.05, 4.69) is 4.98 Å². The van der Waals surface area contributed by atoms with Crippen LogP contribution in [0, 0.1) is 6.92 Å². The third-order valence-corrected chi connectivity index (χ3v) is 3.75. The van der Waals surface area contributed by atoms with Crippen molar-refractivity contribution in [1.29, 1.82) is 0 Å². The van der Waals surface area contributed by atoms with E-state index < -0.39 is 17.8 Å². The normalized spacial score (nSPS) is 13.5. The van der Waals surface area contributed by atoms with Crippen LogP contribution in [0.1, 0.15) is 36.8 Å². The molecule has 0 unspecified atom stereocenters. The number of benzene rings is 1. The van der Waals surface area contributed by atoms with E-state index in [9.17, 15) is 14.4 Å². The number of carbonyl (C=O) groups excluding carboxylic acids is 3. The monoisotopic (exact) mass is 321 g/mol. The molecule has 2 amide bonds. The zero-order valence-electron chi connectivity index (χ0n) is 12.6. The number of amides is 2. The van der Waals surface area contributed by atoms with E-state index in [0.29, 0.717) is 10.7 Å². The first-order valence-corrected chi connectivity index (χ1v) is 7.20. The van der Waals surface area contributed by atoms with Gasteiger partial charge in [-0.3, -0.25) is 9.59 Å². The van der Waals surface area contributed by atoms with E-state index in [1.165, 1.54) is 24.3 Å². The number of pyridine rings is 1. The largest absolute Gasteiger partial charge is 0.364 e. The Bertz CT molecular complexity index is 987. The number of nitrogens with zero attached hydrogens (tertiary/aromatic N) is 3. The molecule has 0 fully saturated rings. The lowest BCUT2D eigenvalue weighted by atomic mass is 10.1. The smallest absolute Gasteiger partial charge is 0.324 e. The molecule has 7 nitrogen and oxygen atoms in total. The van der Waals surface area contributed by atoms with Crippen LogP contribution in [0.5, 0.6) is 0 Å². The van der Waals surface area contributed by atoms with Crippen molar-refractivity contribution in [2.75, 3.05) is 0 Å². The van der Waals surface area contributed by atoms with E-state index in [-0.39, 0.29) is 16.7 Å². The van der Waals surface area contributed by atoms with Crippen molar-refractivity contribution in [3.8, 4) is 0 Å². The van der Waals surface area contributed by atoms with E-state index >= 15 is 0 Å². The first-order valence-electron chi connectivity index (χ1n) is 7.20. The SMILES string of the molecule is Cc1cn2ccc(C(=O)ON3C(=O)c4ccccc4C3=O)cc2n1. The van der Waals surface area contributed by atoms with Gasteiger partial charge in [0.1, 0.15) is 5.65 Å². The predicted molar refractivity (Wildman–Crippen MR) is 82.3 cm³/mol. The number of aromatic nitrogens is 2. The fraction of sp³-hybridized carbons (Fsp3) is 0.0588. The van der Waals surface area contributed by atoms with Crippen molar-refractivity contribution in [3.63, 3.8) is 0 Å². The molecule has 118 valence electrons. The highest BCUT2D eigenvalue weighted by atomic mass is 16.7. The number of fused-ring (bicyclic) bond motifs is 2. The van der Waals surface area contributed by atoms with Gasteiger partial charge >= 0.3 is 5.97 Å². The van der Waals surface area contributed by atoms with Gasteiger partial charge in [0.2, 0.25) is 0 Å². The summed E-state index contributed by atoms with van der Waals surface area (Å²) in [5, 5.41) is 0.494. The molecule has 0 saturated heterocycles. The van der Waals surface area contributed by atoms with Crippen LogP contribution in [-0.2, 0) is 4.84 Å². The molecule has 0 N–H and O–H groups in total. The van der Waals surface area contributed by atoms with Crippen molar-refractivity contribution >= 4 is 23.4 Å². The van der Waals surface area contributed by atoms with Crippen LogP contribution in [0.2, 0.25) is 0 Å². The van der Waals surface area contributed by atoms with Gasteiger partial charge in [-0.1, -0.05) is 17.2 Å². The summed E-state index contributed by atoms with van der Waals surface area (Å²) in [4.78, 5) is 46.0. The lowest BCUT2D eigenvalue weighted by Crippen LogP contribution is -2.32. The molecule has 7 heteroatoms. The summed E-state index contributed by atoms with van der Waals surface area (Å²) in [5.41, 5.74) is 2.01. The van der Waals surface area contributed by atoms with E-state index in [1.54, 1.807) is 22.7 Å². The van der Waals surface area contributed by atoms with Crippen LogP contribution in [0.4, 0.5) is 0 Å². The maximum atomic E-state index is 12.3. The number of imidazole rings is 1. The third kappa shape index (κ3) is 2.06. The Morgan fingerprint density at radius 1 is 1.08 bits per heavy atom. The van der Waals surface area contributed by atoms with E-state index in [0.717, 1.165) is 5.69 Å². The molecule has 1 aliphatic heterocycles. The molecule has 2 aromatic heterocycles. The Labute approximate surface area is 136 Å². The van der Waals surface area contributed by atoms with Crippen molar-refractivity contribution in [1.82, 2.24) is 14.4 Å². The van der Waals surface area contributed by atoms with Crippen LogP contribution >= 0.6 is 0 Å². The Balaban J connectivity index is 1.62. The van der Waals surface area contributed by atoms with Crippen molar-refractivity contribution in [2.45, 2.75) is 6.92 Å². The van der Waals surface area contributed by atoms with Gasteiger partial charge in [0, 0.05) is 12.4 Å². The van der Waals surface area contributed by atoms with Crippen LogP contribution in [0.15, 0.2) is 48.8 Å². The second-order valence-corrected chi connectivity index (χ2v) is 5.39. The fourth-order valence-electron chi connectivity index (χ4n) is 2.62. The number of imide groups is 1. The predicted octanol–water partition coefficient (Wildman–Crippen LogP) is 2.01. The lowest BCUT2D eigenvalue weighted by Gasteiger charge is -2.12. The Morgan fingerprint density at radius 2 is 1.75 bits per heavy atom. The second kappa shape index (κ2) is 5.02. The molecule has 4 rings (SSSR count). The molecule has 24 heavy (non-hydrogen) atoms. The van der Waals surface area contributed by atoms with E-state index in [4.69, 9.17) is 4.84 Å². The van der Waals surface area contributed by atoms with Crippen molar-refractivity contribution in [2.24, 2.45) is 0 Å². The molecule has 0 radical (unpaired) electrons. The van der Waals surface area contributed by atoms with Crippen LogP contribution in [-0.4, -0.2) is 32.2 Å². The minimum Gasteiger partial charge on any atom is -0.324 e. The first kappa shape index (κ1) is 14.1. The number of hydrogen-bond donors (Lipinski definition) is 0. The number of carbonyl (C=O) groups is 3. The number of hydrogen-bond acceptors (Lipinski definition) is 5. The summed E-state index contributed by atoms with van der Waals surface area (Å²) in [6.45, 7) is 1.84. The third-order valence-electron chi connectivity index (χ3n) is 3.75. The lowest BCUT2D eigenvalue weighted by molar-refractivity contribution is -0.0584. The first-order chi connectivity index (χ1) is 11.5. The molecule has 3 aromatic rings. The number of hydroxylamine groups is 2. The standard InChI is InChI=1S/C17H11N3O4/c1-10-9-19-7-6-11(8-14(19)18-10)17(23)24-20-15(21)12-4-2-3-5-13(12)16(20)22/h2-9H,1H3. The summed E-state index contributed by atoms with van der Waals surface area (Å²) in [6.07, 6.45) is 3.48. The quantitative estimate of drug-likeness (QED) is 0.674. The zero-order chi connectivity index (χ0) is 16.8. The molecule has 3 heterocycles. The molecule has 1 aliphatic rings. The average Bonchev–Trinajstić information content (AvgIpc) is 3.07. The molecule has 0 atom stereocenters. The van der Waals surface area contributed by atoms with Crippen molar-refractivity contribution in [3.05, 3.63) is 71.2 Å². The molecule has 0 spiro atoms. The van der Waals surface area contributed by atoms with Crippen LogP contribution in [0.3, 0.4) is 0 Å². The molecule has 0 bridgehead atoms. The highest BCUT2D eigenvalue weighted by molar-refractivity contribution is 6.21. The highest BCUT2D eigenvalue weighted by Gasteiger charge is 2.38.